The van der Waals surface area contributed by atoms with Crippen LogP contribution in [0.1, 0.15) is 4.44 Å². The average molecular weight is 462 g/mol. The molecule has 7 heteroatoms. The van der Waals surface area contributed by atoms with E-state index in [0.29, 0.717) is 0 Å². The van der Waals surface area contributed by atoms with Gasteiger partial charge in [0.15, 0.2) is 0 Å². The third-order valence-electron chi connectivity index (χ3n) is 5.34. The zero-order chi connectivity index (χ0) is 21.0. The van der Waals surface area contributed by atoms with Gasteiger partial charge in [0.05, 0.1) is 0 Å². The van der Waals surface area contributed by atoms with E-state index in [1.165, 1.54) is 24.9 Å². The first kappa shape index (κ1) is 18.6. The standard InChI is InChI=1S/C23H17N3O3Se/c1-24-21(27)17(22(28)25(2)23(24)29)13-14-11-12-20(30-14)26-18-9-5-3-7-15(18)16-8-4-6-10-19(16)26/h3-13H,1-2H3. The van der Waals surface area contributed by atoms with Crippen LogP contribution in [0.3, 0.4) is 0 Å². The molecule has 148 valence electrons. The van der Waals surface area contributed by atoms with E-state index >= 15 is 0 Å². The minimum absolute atomic E-state index is 0.0181. The Morgan fingerprint density at radius 1 is 0.733 bits per heavy atom. The van der Waals surface area contributed by atoms with Gasteiger partial charge >= 0.3 is 178 Å². The summed E-state index contributed by atoms with van der Waals surface area (Å²) in [4.78, 5) is 38.9. The Morgan fingerprint density at radius 2 is 1.27 bits per heavy atom. The molecule has 0 saturated carbocycles. The van der Waals surface area contributed by atoms with Crippen LogP contribution in [0.5, 0.6) is 0 Å². The van der Waals surface area contributed by atoms with E-state index in [9.17, 15) is 14.4 Å². The summed E-state index contributed by atoms with van der Waals surface area (Å²) in [6, 6.07) is 20.0. The number of aromatic nitrogens is 1. The molecule has 6 nitrogen and oxygen atoms in total. The van der Waals surface area contributed by atoms with Gasteiger partial charge in [0.1, 0.15) is 0 Å². The van der Waals surface area contributed by atoms with Crippen molar-refractivity contribution >= 4 is 60.2 Å². The molecule has 1 saturated heterocycles. The number of para-hydroxylation sites is 2. The number of carbonyl (C=O) groups is 3. The summed E-state index contributed by atoms with van der Waals surface area (Å²) in [7, 11) is 2.77. The Hall–Kier alpha value is -3.41. The van der Waals surface area contributed by atoms with Crippen molar-refractivity contribution in [2.45, 2.75) is 0 Å². The van der Waals surface area contributed by atoms with Gasteiger partial charge in [-0.3, -0.25) is 0 Å². The second-order valence-corrected chi connectivity index (χ2v) is 9.41. The van der Waals surface area contributed by atoms with Crippen LogP contribution in [0.15, 0.2) is 66.2 Å². The quantitative estimate of drug-likeness (QED) is 0.261. The van der Waals surface area contributed by atoms with Crippen LogP contribution in [-0.2, 0) is 9.59 Å². The molecule has 3 heterocycles. The number of carbonyl (C=O) groups excluding carboxylic acids is 3. The molecule has 0 aliphatic carbocycles. The van der Waals surface area contributed by atoms with Gasteiger partial charge in [0.2, 0.25) is 0 Å². The molecule has 1 fully saturated rings. The summed E-state index contributed by atoms with van der Waals surface area (Å²) in [5.74, 6) is -1.13. The van der Waals surface area contributed by atoms with E-state index in [1.807, 2.05) is 36.4 Å². The summed E-state index contributed by atoms with van der Waals surface area (Å²) >= 11 is -0.100. The summed E-state index contributed by atoms with van der Waals surface area (Å²) in [6.07, 6.45) is 1.63. The molecule has 1 aliphatic rings. The predicted octanol–water partition coefficient (Wildman–Crippen LogP) is 3.27. The van der Waals surface area contributed by atoms with E-state index < -0.39 is 17.8 Å². The second-order valence-electron chi connectivity index (χ2n) is 7.11. The predicted molar refractivity (Wildman–Crippen MR) is 117 cm³/mol. The van der Waals surface area contributed by atoms with Crippen molar-refractivity contribution in [2.24, 2.45) is 0 Å². The van der Waals surface area contributed by atoms with Crippen LogP contribution in [-0.4, -0.2) is 60.8 Å². The Kier molecular flexibility index (Phi) is 4.24. The summed E-state index contributed by atoms with van der Waals surface area (Å²) in [5.41, 5.74) is 2.28. The van der Waals surface area contributed by atoms with Crippen LogP contribution >= 0.6 is 0 Å². The van der Waals surface area contributed by atoms with E-state index in [-0.39, 0.29) is 20.1 Å². The Labute approximate surface area is 178 Å². The molecule has 0 radical (unpaired) electrons. The van der Waals surface area contributed by atoms with Crippen LogP contribution in [0.2, 0.25) is 0 Å². The number of benzene rings is 2. The topological polar surface area (TPSA) is 62.6 Å². The Morgan fingerprint density at radius 3 is 1.83 bits per heavy atom. The fourth-order valence-electron chi connectivity index (χ4n) is 3.82. The van der Waals surface area contributed by atoms with E-state index in [2.05, 4.69) is 28.8 Å². The molecule has 4 amide bonds. The van der Waals surface area contributed by atoms with Crippen molar-refractivity contribution in [3.8, 4) is 4.56 Å². The number of amides is 4. The fraction of sp³-hybridized carbons (Fsp3) is 0.0870. The van der Waals surface area contributed by atoms with Gasteiger partial charge in [-0.1, -0.05) is 0 Å². The van der Waals surface area contributed by atoms with Crippen LogP contribution in [0.25, 0.3) is 32.4 Å². The molecule has 2 aromatic heterocycles. The molecule has 2 aromatic carbocycles. The number of fused-ring (bicyclic) bond motifs is 3. The van der Waals surface area contributed by atoms with E-state index in [1.54, 1.807) is 6.08 Å². The van der Waals surface area contributed by atoms with Crippen molar-refractivity contribution in [3.63, 3.8) is 0 Å². The van der Waals surface area contributed by atoms with Gasteiger partial charge in [-0.15, -0.1) is 0 Å². The van der Waals surface area contributed by atoms with Crippen molar-refractivity contribution in [1.82, 2.24) is 14.4 Å². The zero-order valence-corrected chi connectivity index (χ0v) is 18.0. The number of urea groups is 1. The molecular formula is C23H17N3O3Se. The zero-order valence-electron chi connectivity index (χ0n) is 16.3. The second kappa shape index (κ2) is 6.83. The third-order valence-corrected chi connectivity index (χ3v) is 7.48. The van der Waals surface area contributed by atoms with Crippen LogP contribution < -0.4 is 0 Å². The molecule has 0 spiro atoms. The molecule has 0 N–H and O–H groups in total. The molecule has 4 aromatic rings. The van der Waals surface area contributed by atoms with Crippen molar-refractivity contribution < 1.29 is 14.4 Å². The summed E-state index contributed by atoms with van der Waals surface area (Å²) in [6.45, 7) is 0. The van der Waals surface area contributed by atoms with Crippen molar-refractivity contribution in [1.29, 1.82) is 0 Å². The van der Waals surface area contributed by atoms with Gasteiger partial charge in [0, 0.05) is 0 Å². The normalized spacial score (nSPS) is 15.0. The van der Waals surface area contributed by atoms with E-state index in [0.717, 1.165) is 29.8 Å². The van der Waals surface area contributed by atoms with Gasteiger partial charge in [-0.25, -0.2) is 0 Å². The first-order valence-electron chi connectivity index (χ1n) is 9.37. The van der Waals surface area contributed by atoms with Gasteiger partial charge in [-0.05, 0) is 0 Å². The monoisotopic (exact) mass is 463 g/mol. The average Bonchev–Trinajstić information content (AvgIpc) is 3.36. The molecule has 30 heavy (non-hydrogen) atoms. The van der Waals surface area contributed by atoms with Gasteiger partial charge in [0.25, 0.3) is 0 Å². The molecule has 0 unspecified atom stereocenters. The number of hydrogen-bond acceptors (Lipinski definition) is 3. The maximum absolute atomic E-state index is 12.5. The number of rotatable bonds is 2. The third kappa shape index (κ3) is 2.67. The number of likely N-dealkylation sites (N-methyl/N-ethyl adjacent to an activating group) is 2. The van der Waals surface area contributed by atoms with Gasteiger partial charge in [-0.2, -0.15) is 0 Å². The van der Waals surface area contributed by atoms with Crippen molar-refractivity contribution in [3.05, 3.63) is 70.7 Å². The van der Waals surface area contributed by atoms with Crippen LogP contribution in [0, 0.1) is 0 Å². The summed E-state index contributed by atoms with van der Waals surface area (Å²) in [5, 5.41) is 2.38. The first-order chi connectivity index (χ1) is 14.5. The number of nitrogens with zero attached hydrogens (tertiary/aromatic N) is 3. The van der Waals surface area contributed by atoms with E-state index in [4.69, 9.17) is 0 Å². The first-order valence-corrected chi connectivity index (χ1v) is 11.1. The minimum atomic E-state index is -0.614. The van der Waals surface area contributed by atoms with Gasteiger partial charge < -0.3 is 0 Å². The molecular weight excluding hydrogens is 445 g/mol. The number of barbiturate groups is 1. The summed E-state index contributed by atoms with van der Waals surface area (Å²) < 4.78 is 4.28. The maximum atomic E-state index is 12.5. The molecule has 5 rings (SSSR count). The van der Waals surface area contributed by atoms with Crippen molar-refractivity contribution in [2.75, 3.05) is 14.1 Å². The molecule has 0 atom stereocenters. The number of imide groups is 2. The Balaban J connectivity index is 1.64. The Bertz CT molecular complexity index is 1320. The van der Waals surface area contributed by atoms with Crippen LogP contribution in [0.4, 0.5) is 4.79 Å². The fourth-order valence-corrected chi connectivity index (χ4v) is 5.87. The number of hydrogen-bond donors (Lipinski definition) is 0. The SMILES string of the molecule is CN1C(=O)C(=Cc2ccc(-n3c4ccccc4c4ccccc43)[se]2)C(=O)N(C)C1=O. The molecule has 0 bridgehead atoms. The molecule has 1 aliphatic heterocycles.